The number of nitrogens with zero attached hydrogens (tertiary/aromatic N) is 1. The lowest BCUT2D eigenvalue weighted by Crippen LogP contribution is -2.39. The third-order valence-corrected chi connectivity index (χ3v) is 6.02. The molecule has 0 radical (unpaired) electrons. The van der Waals surface area contributed by atoms with Gasteiger partial charge in [0.05, 0.1) is 4.90 Å². The van der Waals surface area contributed by atoms with Gasteiger partial charge in [-0.15, -0.1) is 12.4 Å². The van der Waals surface area contributed by atoms with Crippen molar-refractivity contribution < 1.29 is 13.2 Å². The number of sulfonamides is 1. The maximum atomic E-state index is 12.8. The molecule has 1 amide bonds. The van der Waals surface area contributed by atoms with Crippen LogP contribution in [0.5, 0.6) is 0 Å². The first-order chi connectivity index (χ1) is 10.8. The number of carbonyl (C=O) groups excluding carboxylic acids is 1. The summed E-state index contributed by atoms with van der Waals surface area (Å²) in [5.41, 5.74) is 1.75. The lowest BCUT2D eigenvalue weighted by molar-refractivity contribution is 0.0748. The van der Waals surface area contributed by atoms with Crippen LogP contribution in [-0.2, 0) is 10.0 Å². The van der Waals surface area contributed by atoms with Crippen LogP contribution in [0.3, 0.4) is 0 Å². The highest BCUT2D eigenvalue weighted by molar-refractivity contribution is 7.89. The molecule has 24 heavy (non-hydrogen) atoms. The molecule has 1 aromatic rings. The van der Waals surface area contributed by atoms with Crippen molar-refractivity contribution >= 4 is 28.3 Å². The molecule has 0 aromatic heterocycles. The van der Waals surface area contributed by atoms with Gasteiger partial charge in [0.2, 0.25) is 10.0 Å². The molecule has 2 aliphatic rings. The molecule has 6 nitrogen and oxygen atoms in total. The van der Waals surface area contributed by atoms with E-state index in [4.69, 9.17) is 5.14 Å². The van der Waals surface area contributed by atoms with Crippen molar-refractivity contribution in [3.8, 4) is 0 Å². The summed E-state index contributed by atoms with van der Waals surface area (Å²) < 4.78 is 23.5. The zero-order valence-corrected chi connectivity index (χ0v) is 15.5. The fourth-order valence-electron chi connectivity index (χ4n) is 3.56. The van der Waals surface area contributed by atoms with Crippen LogP contribution in [0.2, 0.25) is 0 Å². The Morgan fingerprint density at radius 1 is 1.21 bits per heavy atom. The number of nitrogens with two attached hydrogens (primary N) is 1. The lowest BCUT2D eigenvalue weighted by atomic mass is 10.0. The Kier molecular flexibility index (Phi) is 5.59. The molecule has 0 saturated carbocycles. The van der Waals surface area contributed by atoms with Crippen molar-refractivity contribution in [1.82, 2.24) is 10.2 Å². The van der Waals surface area contributed by atoms with Gasteiger partial charge in [0.1, 0.15) is 0 Å². The minimum Gasteiger partial charge on any atom is -0.337 e. The Hall–Kier alpha value is -1.15. The number of amides is 1. The van der Waals surface area contributed by atoms with Gasteiger partial charge in [-0.3, -0.25) is 4.79 Å². The number of benzene rings is 1. The topological polar surface area (TPSA) is 92.5 Å². The van der Waals surface area contributed by atoms with E-state index in [1.165, 1.54) is 12.5 Å². The zero-order chi connectivity index (χ0) is 16.8. The van der Waals surface area contributed by atoms with Gasteiger partial charge in [-0.05, 0) is 56.4 Å². The standard InChI is InChI=1S/C16H23N3O3S.ClH/c1-10-7-12(8-15(11(10)2)23(17,21)22)16(20)19-6-5-13-3-4-14(9-19)18-13;/h7-8,13-14,18H,3-6,9H2,1-2H3,(H2,17,21,22);1H. The maximum Gasteiger partial charge on any atom is 0.253 e. The Balaban J connectivity index is 0.00000208. The quantitative estimate of drug-likeness (QED) is 0.818. The molecule has 2 fully saturated rings. The molecule has 2 bridgehead atoms. The van der Waals surface area contributed by atoms with Crippen LogP contribution in [0.25, 0.3) is 0 Å². The number of hydrogen-bond acceptors (Lipinski definition) is 4. The molecule has 1 aromatic carbocycles. The molecule has 0 aliphatic carbocycles. The van der Waals surface area contributed by atoms with Crippen molar-refractivity contribution in [3.05, 3.63) is 28.8 Å². The summed E-state index contributed by atoms with van der Waals surface area (Å²) in [6.07, 6.45) is 3.20. The molecule has 3 N–H and O–H groups in total. The van der Waals surface area contributed by atoms with Crippen molar-refractivity contribution in [1.29, 1.82) is 0 Å². The molecule has 0 spiro atoms. The van der Waals surface area contributed by atoms with Gasteiger partial charge in [-0.2, -0.15) is 0 Å². The summed E-state index contributed by atoms with van der Waals surface area (Å²) in [5, 5.41) is 8.82. The van der Waals surface area contributed by atoms with Crippen molar-refractivity contribution in [2.24, 2.45) is 5.14 Å². The van der Waals surface area contributed by atoms with E-state index in [0.29, 0.717) is 36.3 Å². The first kappa shape index (κ1) is 19.2. The molecular weight excluding hydrogens is 350 g/mol. The van der Waals surface area contributed by atoms with Gasteiger partial charge in [0, 0.05) is 30.7 Å². The number of halogens is 1. The minimum absolute atomic E-state index is 0. The zero-order valence-electron chi connectivity index (χ0n) is 13.9. The number of likely N-dealkylation sites (tertiary alicyclic amines) is 1. The summed E-state index contributed by atoms with van der Waals surface area (Å²) in [5.74, 6) is -0.118. The van der Waals surface area contributed by atoms with Crippen molar-refractivity contribution in [2.75, 3.05) is 13.1 Å². The predicted molar refractivity (Wildman–Crippen MR) is 95.0 cm³/mol. The number of carbonyl (C=O) groups is 1. The first-order valence-corrected chi connectivity index (χ1v) is 9.49. The summed E-state index contributed by atoms with van der Waals surface area (Å²) in [6, 6.07) is 4.01. The average molecular weight is 374 g/mol. The monoisotopic (exact) mass is 373 g/mol. The van der Waals surface area contributed by atoms with Crippen molar-refractivity contribution in [2.45, 2.75) is 50.1 Å². The summed E-state index contributed by atoms with van der Waals surface area (Å²) >= 11 is 0. The number of aryl methyl sites for hydroxylation is 1. The minimum atomic E-state index is -3.84. The molecule has 8 heteroatoms. The highest BCUT2D eigenvalue weighted by Gasteiger charge is 2.31. The summed E-state index contributed by atoms with van der Waals surface area (Å²) in [7, 11) is -3.84. The van der Waals surface area contributed by atoms with Gasteiger partial charge in [0.15, 0.2) is 0 Å². The average Bonchev–Trinajstić information content (AvgIpc) is 2.79. The fourth-order valence-corrected chi connectivity index (χ4v) is 4.44. The number of hydrogen-bond donors (Lipinski definition) is 2. The molecule has 2 atom stereocenters. The third-order valence-electron chi connectivity index (χ3n) is 4.98. The maximum absolute atomic E-state index is 12.8. The highest BCUT2D eigenvalue weighted by atomic mass is 35.5. The van der Waals surface area contributed by atoms with E-state index in [2.05, 4.69) is 5.32 Å². The van der Waals surface area contributed by atoms with Gasteiger partial charge >= 0.3 is 0 Å². The van der Waals surface area contributed by atoms with E-state index >= 15 is 0 Å². The van der Waals surface area contributed by atoms with Crippen LogP contribution in [0, 0.1) is 13.8 Å². The van der Waals surface area contributed by atoms with Gasteiger partial charge in [0.25, 0.3) is 5.91 Å². The van der Waals surface area contributed by atoms with Crippen LogP contribution in [0.4, 0.5) is 0 Å². The Labute approximate surface area is 149 Å². The van der Waals surface area contributed by atoms with E-state index < -0.39 is 10.0 Å². The largest absolute Gasteiger partial charge is 0.337 e. The van der Waals surface area contributed by atoms with Crippen LogP contribution in [0.1, 0.15) is 40.7 Å². The molecule has 2 aliphatic heterocycles. The third kappa shape index (κ3) is 3.74. The second-order valence-corrected chi connectivity index (χ2v) is 8.17. The molecule has 2 saturated heterocycles. The summed E-state index contributed by atoms with van der Waals surface area (Å²) in [4.78, 5) is 14.7. The summed E-state index contributed by atoms with van der Waals surface area (Å²) in [6.45, 7) is 4.88. The van der Waals surface area contributed by atoms with E-state index in [0.717, 1.165) is 18.4 Å². The van der Waals surface area contributed by atoms with Gasteiger partial charge < -0.3 is 10.2 Å². The van der Waals surface area contributed by atoms with E-state index in [-0.39, 0.29) is 23.2 Å². The van der Waals surface area contributed by atoms with Crippen LogP contribution in [-0.4, -0.2) is 44.4 Å². The van der Waals surface area contributed by atoms with Gasteiger partial charge in [-0.1, -0.05) is 0 Å². The fraction of sp³-hybridized carbons (Fsp3) is 0.562. The molecule has 3 rings (SSSR count). The Bertz CT molecular complexity index is 751. The van der Waals surface area contributed by atoms with Crippen molar-refractivity contribution in [3.63, 3.8) is 0 Å². The molecular formula is C16H24ClN3O3S. The number of primary sulfonamides is 1. The smallest absolute Gasteiger partial charge is 0.253 e. The number of rotatable bonds is 2. The SMILES string of the molecule is Cc1cc(C(=O)N2CCC3CCC(C2)N3)cc(S(N)(=O)=O)c1C.Cl. The van der Waals surface area contributed by atoms with E-state index in [9.17, 15) is 13.2 Å². The highest BCUT2D eigenvalue weighted by Crippen LogP contribution is 2.24. The van der Waals surface area contributed by atoms with Crippen LogP contribution < -0.4 is 10.5 Å². The Morgan fingerprint density at radius 3 is 2.54 bits per heavy atom. The number of fused-ring (bicyclic) bond motifs is 2. The number of nitrogens with one attached hydrogen (secondary N) is 1. The first-order valence-electron chi connectivity index (χ1n) is 7.95. The molecule has 134 valence electrons. The second kappa shape index (κ2) is 7.00. The van der Waals surface area contributed by atoms with E-state index in [1.54, 1.807) is 19.9 Å². The van der Waals surface area contributed by atoms with Gasteiger partial charge in [-0.25, -0.2) is 13.6 Å². The van der Waals surface area contributed by atoms with Crippen LogP contribution >= 0.6 is 12.4 Å². The molecule has 2 unspecified atom stereocenters. The second-order valence-electron chi connectivity index (χ2n) is 6.64. The molecule has 2 heterocycles. The Morgan fingerprint density at radius 2 is 1.88 bits per heavy atom. The normalized spacial score (nSPS) is 23.5. The van der Waals surface area contributed by atoms with Crippen LogP contribution in [0.15, 0.2) is 17.0 Å². The predicted octanol–water partition coefficient (Wildman–Crippen LogP) is 1.34. The van der Waals surface area contributed by atoms with E-state index in [1.807, 2.05) is 4.90 Å². The lowest BCUT2D eigenvalue weighted by Gasteiger charge is -2.25.